The van der Waals surface area contributed by atoms with Gasteiger partial charge in [0.2, 0.25) is 0 Å². The van der Waals surface area contributed by atoms with E-state index in [4.69, 9.17) is 0 Å². The number of nitrogens with zero attached hydrogens (tertiary/aromatic N) is 7. The van der Waals surface area contributed by atoms with Crippen LogP contribution < -0.4 is 10.6 Å². The van der Waals surface area contributed by atoms with Crippen molar-refractivity contribution in [2.75, 3.05) is 5.32 Å². The first-order chi connectivity index (χ1) is 18.2. The van der Waals surface area contributed by atoms with Crippen molar-refractivity contribution < 1.29 is 22.8 Å². The number of benzene rings is 1. The van der Waals surface area contributed by atoms with Gasteiger partial charge in [0.25, 0.3) is 18.2 Å². The van der Waals surface area contributed by atoms with Gasteiger partial charge < -0.3 is 10.6 Å². The molecule has 4 aromatic heterocycles. The number of halogens is 3. The number of aryl methyl sites for hydroxylation is 2. The fraction of sp³-hybridized carbons (Fsp3) is 0.167. The Morgan fingerprint density at radius 2 is 1.76 bits per heavy atom. The van der Waals surface area contributed by atoms with E-state index in [1.165, 1.54) is 42.2 Å². The van der Waals surface area contributed by atoms with E-state index >= 15 is 0 Å². The maximum atomic E-state index is 13.8. The van der Waals surface area contributed by atoms with Crippen LogP contribution in [-0.4, -0.2) is 46.0 Å². The second kappa shape index (κ2) is 9.80. The zero-order valence-electron chi connectivity index (χ0n) is 20.1. The molecule has 0 fully saturated rings. The third-order valence-electron chi connectivity index (χ3n) is 5.72. The number of nitrogens with one attached hydrogen (secondary N) is 2. The van der Waals surface area contributed by atoms with Gasteiger partial charge in [0, 0.05) is 38.0 Å². The highest BCUT2D eigenvalue weighted by Gasteiger charge is 2.24. The molecule has 0 aliphatic carbocycles. The minimum Gasteiger partial charge on any atom is -0.346 e. The second-order valence-electron chi connectivity index (χ2n) is 8.36. The average Bonchev–Trinajstić information content (AvgIpc) is 3.60. The van der Waals surface area contributed by atoms with Gasteiger partial charge in [-0.15, -0.1) is 0 Å². The Labute approximate surface area is 212 Å². The summed E-state index contributed by atoms with van der Waals surface area (Å²) >= 11 is 0. The van der Waals surface area contributed by atoms with Crippen LogP contribution in [0.2, 0.25) is 0 Å². The van der Waals surface area contributed by atoms with E-state index in [-0.39, 0.29) is 34.8 Å². The summed E-state index contributed by atoms with van der Waals surface area (Å²) in [5.41, 5.74) is 0.703. The predicted octanol–water partition coefficient (Wildman–Crippen LogP) is 3.12. The van der Waals surface area contributed by atoms with Crippen LogP contribution in [0.5, 0.6) is 0 Å². The largest absolute Gasteiger partial charge is 0.346 e. The summed E-state index contributed by atoms with van der Waals surface area (Å²) in [6, 6.07) is 6.27. The van der Waals surface area contributed by atoms with Crippen LogP contribution in [0.25, 0.3) is 16.9 Å². The number of carbonyl (C=O) groups excluding carboxylic acids is 2. The molecule has 0 atom stereocenters. The lowest BCUT2D eigenvalue weighted by Gasteiger charge is -2.10. The molecule has 2 amide bonds. The fourth-order valence-electron chi connectivity index (χ4n) is 3.89. The molecule has 5 rings (SSSR count). The van der Waals surface area contributed by atoms with E-state index in [0.717, 1.165) is 22.3 Å². The Balaban J connectivity index is 1.45. The molecule has 5 aromatic rings. The van der Waals surface area contributed by atoms with Crippen molar-refractivity contribution in [2.45, 2.75) is 13.0 Å². The van der Waals surface area contributed by atoms with Crippen molar-refractivity contribution in [1.29, 1.82) is 0 Å². The van der Waals surface area contributed by atoms with Gasteiger partial charge in [-0.2, -0.15) is 15.3 Å². The maximum absolute atomic E-state index is 13.8. The molecule has 0 aliphatic heterocycles. The van der Waals surface area contributed by atoms with Crippen LogP contribution in [-0.2, 0) is 20.6 Å². The van der Waals surface area contributed by atoms with E-state index in [1.54, 1.807) is 24.1 Å². The fourth-order valence-corrected chi connectivity index (χ4v) is 3.89. The first kappa shape index (κ1) is 24.7. The van der Waals surface area contributed by atoms with Crippen molar-refractivity contribution in [3.05, 3.63) is 83.5 Å². The number of anilines is 1. The van der Waals surface area contributed by atoms with Gasteiger partial charge in [-0.1, -0.05) is 0 Å². The molecule has 0 saturated carbocycles. The number of rotatable bonds is 7. The number of fused-ring (bicyclic) bond motifs is 1. The molecule has 14 heteroatoms. The lowest BCUT2D eigenvalue weighted by atomic mass is 10.1. The molecule has 1 aromatic carbocycles. The molecule has 0 saturated heterocycles. The Morgan fingerprint density at radius 1 is 1.00 bits per heavy atom. The molecule has 194 valence electrons. The Bertz CT molecular complexity index is 1650. The van der Waals surface area contributed by atoms with Gasteiger partial charge in [0.05, 0.1) is 30.0 Å². The van der Waals surface area contributed by atoms with Gasteiger partial charge in [0.1, 0.15) is 22.8 Å². The molecule has 38 heavy (non-hydrogen) atoms. The number of hydrogen-bond donors (Lipinski definition) is 2. The Kier molecular flexibility index (Phi) is 6.36. The summed E-state index contributed by atoms with van der Waals surface area (Å²) in [5.74, 6) is -1.73. The number of alkyl halides is 2. The molecular weight excluding hydrogens is 503 g/mol. The molecule has 0 spiro atoms. The second-order valence-corrected chi connectivity index (χ2v) is 8.36. The highest BCUT2D eigenvalue weighted by atomic mass is 19.3. The van der Waals surface area contributed by atoms with Crippen LogP contribution >= 0.6 is 0 Å². The smallest absolute Gasteiger partial charge is 0.280 e. The topological polar surface area (TPSA) is 124 Å². The van der Waals surface area contributed by atoms with Gasteiger partial charge in [-0.3, -0.25) is 19.0 Å². The predicted molar refractivity (Wildman–Crippen MR) is 129 cm³/mol. The first-order valence-electron chi connectivity index (χ1n) is 11.2. The molecular formula is C24H20F3N9O2. The Hall–Kier alpha value is -5.01. The van der Waals surface area contributed by atoms with Crippen molar-refractivity contribution in [2.24, 2.45) is 14.1 Å². The van der Waals surface area contributed by atoms with Crippen LogP contribution in [0.1, 0.15) is 38.5 Å². The molecule has 4 heterocycles. The zero-order valence-corrected chi connectivity index (χ0v) is 20.1. The van der Waals surface area contributed by atoms with Crippen molar-refractivity contribution in [3.63, 3.8) is 0 Å². The van der Waals surface area contributed by atoms with Crippen LogP contribution in [0.15, 0.2) is 55.1 Å². The van der Waals surface area contributed by atoms with Crippen molar-refractivity contribution in [3.8, 4) is 11.3 Å². The van der Waals surface area contributed by atoms with E-state index < -0.39 is 29.8 Å². The third kappa shape index (κ3) is 4.70. The highest BCUT2D eigenvalue weighted by Crippen LogP contribution is 2.27. The number of hydrogen-bond acceptors (Lipinski definition) is 6. The maximum Gasteiger partial charge on any atom is 0.280 e. The molecule has 0 bridgehead atoms. The minimum atomic E-state index is -2.93. The summed E-state index contributed by atoms with van der Waals surface area (Å²) in [5, 5.41) is 17.4. The van der Waals surface area contributed by atoms with Gasteiger partial charge >= 0.3 is 0 Å². The quantitative estimate of drug-likeness (QED) is 0.338. The van der Waals surface area contributed by atoms with Gasteiger partial charge in [-0.05, 0) is 30.3 Å². The molecule has 0 aliphatic rings. The number of amides is 2. The minimum absolute atomic E-state index is 0.0759. The third-order valence-corrected chi connectivity index (χ3v) is 5.72. The zero-order chi connectivity index (χ0) is 27.0. The highest BCUT2D eigenvalue weighted by molar-refractivity contribution is 6.11. The number of carbonyl (C=O) groups is 2. The Morgan fingerprint density at radius 3 is 2.45 bits per heavy atom. The summed E-state index contributed by atoms with van der Waals surface area (Å²) in [4.78, 5) is 30.4. The van der Waals surface area contributed by atoms with Gasteiger partial charge in [-0.25, -0.2) is 22.7 Å². The number of aromatic nitrogens is 7. The monoisotopic (exact) mass is 523 g/mol. The summed E-state index contributed by atoms with van der Waals surface area (Å²) < 4.78 is 44.8. The normalized spacial score (nSPS) is 11.3. The summed E-state index contributed by atoms with van der Waals surface area (Å²) in [7, 11) is 3.29. The SMILES string of the molecule is Cn1cc(CNC(=O)c2c(NC(=O)c3cnn4c(C(F)F)cc(-c5ccc(F)cc5)nc34)cnn2C)cn1. The molecule has 11 nitrogen and oxygen atoms in total. The average molecular weight is 523 g/mol. The van der Waals surface area contributed by atoms with E-state index in [9.17, 15) is 22.8 Å². The summed E-state index contributed by atoms with van der Waals surface area (Å²) in [6.07, 6.45) is 2.83. The van der Waals surface area contributed by atoms with Crippen LogP contribution in [0, 0.1) is 5.82 Å². The van der Waals surface area contributed by atoms with Crippen LogP contribution in [0.4, 0.5) is 18.9 Å². The summed E-state index contributed by atoms with van der Waals surface area (Å²) in [6.45, 7) is 0.200. The molecule has 0 unspecified atom stereocenters. The van der Waals surface area contributed by atoms with E-state index in [0.29, 0.717) is 5.56 Å². The van der Waals surface area contributed by atoms with Crippen molar-refractivity contribution in [1.82, 2.24) is 39.5 Å². The molecule has 2 N–H and O–H groups in total. The molecule has 0 radical (unpaired) electrons. The van der Waals surface area contributed by atoms with Crippen LogP contribution in [0.3, 0.4) is 0 Å². The van der Waals surface area contributed by atoms with E-state index in [1.807, 2.05) is 0 Å². The lowest BCUT2D eigenvalue weighted by molar-refractivity contribution is 0.0942. The lowest BCUT2D eigenvalue weighted by Crippen LogP contribution is -2.26. The standard InChI is InChI=1S/C24H20F3N9O2/c1-34-12-13(9-29-34)8-28-24(38)20-18(11-30-35(20)2)33-23(37)16-10-31-36-19(21(26)27)7-17(32-22(16)36)14-3-5-15(25)6-4-14/h3-7,9-12,21H,8H2,1-2H3,(H,28,38)(H,33,37). The van der Waals surface area contributed by atoms with Crippen molar-refractivity contribution >= 4 is 23.1 Å². The first-order valence-corrected chi connectivity index (χ1v) is 11.2. The van der Waals surface area contributed by atoms with E-state index in [2.05, 4.69) is 30.9 Å². The van der Waals surface area contributed by atoms with Gasteiger partial charge in [0.15, 0.2) is 5.65 Å².